The lowest BCUT2D eigenvalue weighted by Crippen LogP contribution is -2.69. The Morgan fingerprint density at radius 2 is 1.00 bits per heavy atom. The fraction of sp³-hybridized carbons (Fsp3) is 0.929. The van der Waals surface area contributed by atoms with Crippen LogP contribution in [0.25, 0.3) is 0 Å². The zero-order valence-electron chi connectivity index (χ0n) is 60.7. The van der Waals surface area contributed by atoms with Crippen molar-refractivity contribution in [1.29, 1.82) is 0 Å². The van der Waals surface area contributed by atoms with Crippen molar-refractivity contribution in [3.8, 4) is 0 Å². The van der Waals surface area contributed by atoms with Gasteiger partial charge in [0.1, 0.15) is 146 Å². The molecule has 12 aliphatic rings. The molecular weight excluding hydrogens is 1430 g/mol. The van der Waals surface area contributed by atoms with Crippen LogP contribution in [0.2, 0.25) is 0 Å². The number of carboxylic acids is 1. The van der Waals surface area contributed by atoms with E-state index < -0.39 is 298 Å². The van der Waals surface area contributed by atoms with E-state index in [-0.39, 0.29) is 25.2 Å². The first-order valence-corrected chi connectivity index (χ1v) is 37.0. The van der Waals surface area contributed by atoms with Gasteiger partial charge in [0.05, 0.1) is 56.3 Å². The number of aliphatic carboxylic acids is 1. The van der Waals surface area contributed by atoms with Crippen molar-refractivity contribution in [2.24, 2.45) is 50.2 Å². The second kappa shape index (κ2) is 31.4. The Kier molecular flexibility index (Phi) is 24.5. The summed E-state index contributed by atoms with van der Waals surface area (Å²) in [6, 6.07) is 0. The van der Waals surface area contributed by atoms with Crippen LogP contribution in [0.1, 0.15) is 113 Å². The summed E-state index contributed by atoms with van der Waals surface area (Å²) in [5.74, 6) is -4.17. The van der Waals surface area contributed by atoms with E-state index in [9.17, 15) is 112 Å². The normalized spacial score (nSPS) is 55.0. The minimum absolute atomic E-state index is 0.0111. The Hall–Kier alpha value is -2.93. The van der Waals surface area contributed by atoms with Crippen LogP contribution in [0, 0.1) is 50.2 Å². The van der Waals surface area contributed by atoms with Gasteiger partial charge in [-0.15, -0.1) is 0 Å². The van der Waals surface area contributed by atoms with E-state index in [0.717, 1.165) is 11.9 Å². The van der Waals surface area contributed by atoms with E-state index in [1.54, 1.807) is 6.92 Å². The number of fused-ring (bicyclic) bond motifs is 7. The predicted octanol–water partition coefficient (Wildman–Crippen LogP) is -6.99. The average molecular weight is 1540 g/mol. The number of aldehydes is 1. The monoisotopic (exact) mass is 1540 g/mol. The highest BCUT2D eigenvalue weighted by atomic mass is 16.8. The van der Waals surface area contributed by atoms with Gasteiger partial charge in [-0.05, 0) is 111 Å². The topological polar surface area (TPSA) is 585 Å². The fourth-order valence-corrected chi connectivity index (χ4v) is 20.2. The Morgan fingerprint density at radius 1 is 0.486 bits per heavy atom. The van der Waals surface area contributed by atoms with Gasteiger partial charge in [-0.2, -0.15) is 0 Å². The maximum atomic E-state index is 15.9. The molecule has 0 aromatic rings. The third kappa shape index (κ3) is 14.3. The Balaban J connectivity index is 0.815. The molecule has 612 valence electrons. The number of hydrogen-bond acceptors (Lipinski definition) is 36. The summed E-state index contributed by atoms with van der Waals surface area (Å²) in [4.78, 5) is 43.2. The summed E-state index contributed by atoms with van der Waals surface area (Å²) in [7, 11) is 0. The first-order chi connectivity index (χ1) is 50.2. The quantitative estimate of drug-likeness (QED) is 0.0262. The van der Waals surface area contributed by atoms with E-state index >= 15 is 4.79 Å². The predicted molar refractivity (Wildman–Crippen MR) is 348 cm³/mol. The Morgan fingerprint density at radius 3 is 1.56 bits per heavy atom. The number of rotatable bonds is 18. The van der Waals surface area contributed by atoms with E-state index in [0.29, 0.717) is 38.5 Å². The highest BCUT2D eigenvalue weighted by molar-refractivity contribution is 5.80. The van der Waals surface area contributed by atoms with E-state index in [2.05, 4.69) is 40.7 Å². The number of esters is 1. The molecule has 0 radical (unpaired) electrons. The van der Waals surface area contributed by atoms with Crippen molar-refractivity contribution in [1.82, 2.24) is 0 Å². The molecule has 0 amide bonds. The number of aliphatic hydroxyl groups is 19. The Bertz CT molecular complexity index is 3130. The lowest BCUT2D eigenvalue weighted by molar-refractivity contribution is -0.394. The smallest absolute Gasteiger partial charge is 0.335 e. The summed E-state index contributed by atoms with van der Waals surface area (Å²) in [6.45, 7) is 12.0. The molecule has 7 saturated heterocycles. The van der Waals surface area contributed by atoms with Crippen molar-refractivity contribution in [2.45, 2.75) is 328 Å². The number of carbonyl (C=O) groups excluding carboxylic acids is 2. The fourth-order valence-electron chi connectivity index (χ4n) is 20.2. The molecule has 4 saturated carbocycles. The number of carboxylic acid groups (broad SMARTS) is 1. The first kappa shape index (κ1) is 83.5. The van der Waals surface area contributed by atoms with Gasteiger partial charge in [0, 0.05) is 0 Å². The SMILES string of the molecule is C[C@@H]1O[C@@H](O[C@H]2[C@H](OC(=O)[C@]34CCC(C)(C)C[C@H]3C3=CC[C@@H]5[C@@]6(C)CC[C@H](O[C@@H]7O[C@H](C(=O)O)[C@@H](O)[C@H](O[C@@H]8OC[C@@H](O)[C@H](O)[C@H]8O)[C@H]7O[C@@H]7O[C@H](CO)[C@H](O)[C@H](O)[C@H]7O)[C@@](C)(C=O)[C@@H]6CC[C@@]5(C)[C@]3(C)C[C@H]4O)O[C@H](C)[C@H](O)[C@@H]2O)[C@H](O)[C@H](O[C@@H]2O[C@H](CO)[C@@H](O)[C@H](O)[C@H]2O)[C@H]1O[C@@H]1OC[C@@H](O)[C@H](O)[C@H]1O. The standard InChI is InChI=1S/C70H110O37/c1-24-36(77)43(84)54(105-61-49(90)52(103-59-46(87)41(82)39(80)30(19-71)98-59)50(25(2)97-61)101-57-44(85)37(78)28(74)21-94-57)62(96-24)107-64(93)70-16-15-65(3,4)17-27(70)26-9-10-33-66(5)13-12-35(67(6,23-73)32(66)11-14-68(33,7)69(26,8)18-34(70)76)100-63-55(106-60-47(88)42(83)40(81)31(20-72)99-60)51(48(89)53(104-63)56(91)92)102-58-45(86)38(79)29(75)22-95-58/h9,23-25,27-55,57-63,71-72,74-90H,10-22H2,1-8H3,(H,91,92)/t24-,25+,27+,28-,29-,30-,31-,32-,33-,34-,35+,36+,37+,38+,39-,40+,41+,42+,43+,44-,45-,46-,47-,48+,49-,50+,51+,52+,53+,54-,55-,57+,58+,59+,60+,61+,62+,63-,66+,67+,68-,69-,70-/m1/s1. The molecule has 37 heteroatoms. The van der Waals surface area contributed by atoms with Gasteiger partial charge in [-0.25, -0.2) is 4.79 Å². The third-order valence-corrected chi connectivity index (χ3v) is 26.9. The van der Waals surface area contributed by atoms with Crippen LogP contribution in [0.15, 0.2) is 11.6 Å². The maximum absolute atomic E-state index is 15.9. The summed E-state index contributed by atoms with van der Waals surface area (Å²) >= 11 is 0. The molecule has 0 aromatic heterocycles. The highest BCUT2D eigenvalue weighted by Gasteiger charge is 2.73. The molecule has 0 unspecified atom stereocenters. The van der Waals surface area contributed by atoms with Crippen molar-refractivity contribution in [2.75, 3.05) is 26.4 Å². The van der Waals surface area contributed by atoms with Crippen molar-refractivity contribution in [3.63, 3.8) is 0 Å². The molecule has 0 spiro atoms. The van der Waals surface area contributed by atoms with E-state index in [4.69, 9.17) is 66.3 Å². The molecule has 0 aromatic carbocycles. The van der Waals surface area contributed by atoms with Crippen LogP contribution in [-0.2, 0) is 80.7 Å². The van der Waals surface area contributed by atoms with Crippen LogP contribution < -0.4 is 0 Å². The molecule has 43 atom stereocenters. The number of allylic oxidation sites excluding steroid dienone is 2. The van der Waals surface area contributed by atoms with Crippen molar-refractivity contribution < 1.29 is 183 Å². The zero-order chi connectivity index (χ0) is 78.2. The summed E-state index contributed by atoms with van der Waals surface area (Å²) in [5, 5.41) is 220. The van der Waals surface area contributed by atoms with E-state index in [1.165, 1.54) is 13.8 Å². The largest absolute Gasteiger partial charge is 0.479 e. The number of aliphatic hydroxyl groups excluding tert-OH is 19. The van der Waals surface area contributed by atoms with Gasteiger partial charge >= 0.3 is 11.9 Å². The van der Waals surface area contributed by atoms with Gasteiger partial charge < -0.3 is 173 Å². The molecule has 7 aliphatic heterocycles. The second-order valence-corrected chi connectivity index (χ2v) is 33.6. The second-order valence-electron chi connectivity index (χ2n) is 33.6. The van der Waals surface area contributed by atoms with Crippen LogP contribution >= 0.6 is 0 Å². The molecule has 12 rings (SSSR count). The molecule has 11 fully saturated rings. The molecule has 37 nitrogen and oxygen atoms in total. The molecule has 107 heavy (non-hydrogen) atoms. The molecule has 5 aliphatic carbocycles. The number of hydrogen-bond donors (Lipinski definition) is 20. The van der Waals surface area contributed by atoms with Gasteiger partial charge in [0.2, 0.25) is 6.29 Å². The summed E-state index contributed by atoms with van der Waals surface area (Å²) in [5.41, 5.74) is -5.01. The third-order valence-electron chi connectivity index (χ3n) is 26.9. The Labute approximate surface area is 615 Å². The lowest BCUT2D eigenvalue weighted by atomic mass is 9.33. The van der Waals surface area contributed by atoms with Crippen LogP contribution in [0.3, 0.4) is 0 Å². The average Bonchev–Trinajstić information content (AvgIpc) is 0.670. The number of ether oxygens (including phenoxy) is 14. The first-order valence-electron chi connectivity index (χ1n) is 37.0. The van der Waals surface area contributed by atoms with Crippen molar-refractivity contribution in [3.05, 3.63) is 11.6 Å². The lowest BCUT2D eigenvalue weighted by Gasteiger charge is -2.71. The molecule has 7 heterocycles. The van der Waals surface area contributed by atoms with Gasteiger partial charge in [-0.1, -0.05) is 53.2 Å². The van der Waals surface area contributed by atoms with Crippen LogP contribution in [0.4, 0.5) is 0 Å². The van der Waals surface area contributed by atoms with Crippen LogP contribution in [0.5, 0.6) is 0 Å². The minimum atomic E-state index is -2.23. The van der Waals surface area contributed by atoms with Gasteiger partial charge in [-0.3, -0.25) is 4.79 Å². The van der Waals surface area contributed by atoms with Crippen LogP contribution in [-0.4, -0.2) is 362 Å². The minimum Gasteiger partial charge on any atom is -0.479 e. The van der Waals surface area contributed by atoms with Gasteiger partial charge in [0.25, 0.3) is 0 Å². The zero-order valence-corrected chi connectivity index (χ0v) is 60.7. The summed E-state index contributed by atoms with van der Waals surface area (Å²) < 4.78 is 84.6. The van der Waals surface area contributed by atoms with Crippen molar-refractivity contribution >= 4 is 18.2 Å². The molecular formula is C70H110O37. The molecule has 20 N–H and O–H groups in total. The highest BCUT2D eigenvalue weighted by Crippen LogP contribution is 2.76. The maximum Gasteiger partial charge on any atom is 0.335 e. The van der Waals surface area contributed by atoms with Gasteiger partial charge in [0.15, 0.2) is 49.9 Å². The molecule has 0 bridgehead atoms. The number of carbonyl (C=O) groups is 3. The van der Waals surface area contributed by atoms with E-state index in [1.807, 2.05) is 0 Å². The summed E-state index contributed by atoms with van der Waals surface area (Å²) in [6.07, 6.45) is -58.4.